The maximum atomic E-state index is 12.2. The first kappa shape index (κ1) is 16.0. The molecule has 0 aliphatic carbocycles. The molecule has 2 aromatic rings. The number of hydrogen-bond acceptors (Lipinski definition) is 4. The second-order valence-electron chi connectivity index (χ2n) is 5.37. The summed E-state index contributed by atoms with van der Waals surface area (Å²) in [5, 5.41) is 6.14. The number of carbonyl (C=O) groups excluding carboxylic acids is 1. The van der Waals surface area contributed by atoms with E-state index in [1.807, 2.05) is 36.4 Å². The molecule has 0 aliphatic heterocycles. The van der Waals surface area contributed by atoms with Crippen molar-refractivity contribution in [1.29, 1.82) is 0 Å². The minimum atomic E-state index is -0.157. The van der Waals surface area contributed by atoms with E-state index in [2.05, 4.69) is 34.6 Å². The molecule has 0 fully saturated rings. The number of anilines is 2. The molecule has 0 spiro atoms. The van der Waals surface area contributed by atoms with E-state index in [1.165, 1.54) is 0 Å². The first-order chi connectivity index (χ1) is 10.6. The van der Waals surface area contributed by atoms with Crippen LogP contribution in [-0.2, 0) is 0 Å². The fourth-order valence-corrected chi connectivity index (χ4v) is 2.01. The molecule has 1 aromatic heterocycles. The minimum absolute atomic E-state index is 0.157. The third kappa shape index (κ3) is 5.18. The van der Waals surface area contributed by atoms with Gasteiger partial charge in [-0.25, -0.2) is 0 Å². The van der Waals surface area contributed by atoms with Crippen LogP contribution in [0, 0.1) is 0 Å². The van der Waals surface area contributed by atoms with Gasteiger partial charge in [0.15, 0.2) is 0 Å². The predicted octanol–water partition coefficient (Wildman–Crippen LogP) is 2.70. The molecule has 5 nitrogen and oxygen atoms in total. The molecule has 0 saturated carbocycles. The fourth-order valence-electron chi connectivity index (χ4n) is 2.01. The number of carbonyl (C=O) groups is 1. The Kier molecular flexibility index (Phi) is 5.91. The number of aromatic nitrogens is 1. The highest BCUT2D eigenvalue weighted by atomic mass is 16.1. The summed E-state index contributed by atoms with van der Waals surface area (Å²) in [5.41, 5.74) is 2.18. The third-order valence-electron chi connectivity index (χ3n) is 3.14. The molecule has 116 valence electrons. The lowest BCUT2D eigenvalue weighted by molar-refractivity contribution is 0.102. The summed E-state index contributed by atoms with van der Waals surface area (Å²) in [5.74, 6) is -0.157. The lowest BCUT2D eigenvalue weighted by atomic mass is 10.2. The van der Waals surface area contributed by atoms with Crippen LogP contribution in [0.4, 0.5) is 11.4 Å². The number of pyridine rings is 1. The van der Waals surface area contributed by atoms with Crippen LogP contribution >= 0.6 is 0 Å². The van der Waals surface area contributed by atoms with Gasteiger partial charge < -0.3 is 15.5 Å². The number of rotatable bonds is 7. The Balaban J connectivity index is 1.91. The molecule has 0 radical (unpaired) electrons. The highest BCUT2D eigenvalue weighted by molar-refractivity contribution is 6.04. The largest absolute Gasteiger partial charge is 0.384 e. The molecular formula is C17H22N4O. The Bertz CT molecular complexity index is 599. The quantitative estimate of drug-likeness (QED) is 0.772. The Morgan fingerprint density at radius 3 is 2.64 bits per heavy atom. The van der Waals surface area contributed by atoms with Gasteiger partial charge >= 0.3 is 0 Å². The molecular weight excluding hydrogens is 276 g/mol. The summed E-state index contributed by atoms with van der Waals surface area (Å²) < 4.78 is 0. The maximum absolute atomic E-state index is 12.2. The lowest BCUT2D eigenvalue weighted by Crippen LogP contribution is -2.17. The monoisotopic (exact) mass is 298 g/mol. The van der Waals surface area contributed by atoms with Crippen molar-refractivity contribution >= 4 is 17.3 Å². The highest BCUT2D eigenvalue weighted by Gasteiger charge is 2.07. The standard InChI is InChI=1S/C17H22N4O/c1-21(2)10-6-9-19-16-11-14(12-18-13-16)17(22)20-15-7-4-3-5-8-15/h3-5,7-8,11-13,19H,6,9-10H2,1-2H3,(H,20,22). The van der Waals surface area contributed by atoms with E-state index in [-0.39, 0.29) is 5.91 Å². The lowest BCUT2D eigenvalue weighted by Gasteiger charge is -2.11. The minimum Gasteiger partial charge on any atom is -0.384 e. The molecule has 2 N–H and O–H groups in total. The van der Waals surface area contributed by atoms with E-state index in [9.17, 15) is 4.79 Å². The van der Waals surface area contributed by atoms with Gasteiger partial charge in [-0.3, -0.25) is 9.78 Å². The number of nitrogens with zero attached hydrogens (tertiary/aromatic N) is 2. The highest BCUT2D eigenvalue weighted by Crippen LogP contribution is 2.12. The molecule has 0 unspecified atom stereocenters. The first-order valence-corrected chi connectivity index (χ1v) is 7.35. The van der Waals surface area contributed by atoms with Crippen molar-refractivity contribution in [2.45, 2.75) is 6.42 Å². The van der Waals surface area contributed by atoms with Crippen molar-refractivity contribution in [3.8, 4) is 0 Å². The van der Waals surface area contributed by atoms with E-state index in [0.29, 0.717) is 5.56 Å². The fraction of sp³-hybridized carbons (Fsp3) is 0.294. The van der Waals surface area contributed by atoms with Crippen LogP contribution in [0.3, 0.4) is 0 Å². The SMILES string of the molecule is CN(C)CCCNc1cncc(C(=O)Nc2ccccc2)c1. The second kappa shape index (κ2) is 8.14. The van der Waals surface area contributed by atoms with E-state index in [0.717, 1.165) is 30.9 Å². The van der Waals surface area contributed by atoms with Gasteiger partial charge in [0.25, 0.3) is 5.91 Å². The summed E-state index contributed by atoms with van der Waals surface area (Å²) >= 11 is 0. The topological polar surface area (TPSA) is 57.3 Å². The van der Waals surface area contributed by atoms with Crippen molar-refractivity contribution in [3.63, 3.8) is 0 Å². The van der Waals surface area contributed by atoms with Crippen molar-refractivity contribution in [2.75, 3.05) is 37.8 Å². The van der Waals surface area contributed by atoms with Gasteiger partial charge in [-0.1, -0.05) is 18.2 Å². The molecule has 5 heteroatoms. The van der Waals surface area contributed by atoms with Crippen molar-refractivity contribution in [3.05, 3.63) is 54.4 Å². The van der Waals surface area contributed by atoms with Crippen LogP contribution in [0.2, 0.25) is 0 Å². The molecule has 22 heavy (non-hydrogen) atoms. The van der Waals surface area contributed by atoms with E-state index < -0.39 is 0 Å². The third-order valence-corrected chi connectivity index (χ3v) is 3.14. The smallest absolute Gasteiger partial charge is 0.257 e. The van der Waals surface area contributed by atoms with Crippen LogP contribution in [0.25, 0.3) is 0 Å². The average Bonchev–Trinajstić information content (AvgIpc) is 2.53. The van der Waals surface area contributed by atoms with Gasteiger partial charge in [-0.05, 0) is 45.3 Å². The zero-order valence-corrected chi connectivity index (χ0v) is 13.0. The van der Waals surface area contributed by atoms with Gasteiger partial charge in [-0.15, -0.1) is 0 Å². The summed E-state index contributed by atoms with van der Waals surface area (Å²) in [7, 11) is 4.10. The number of hydrogen-bond donors (Lipinski definition) is 2. The van der Waals surface area contributed by atoms with Crippen molar-refractivity contribution < 1.29 is 4.79 Å². The van der Waals surface area contributed by atoms with E-state index in [4.69, 9.17) is 0 Å². The van der Waals surface area contributed by atoms with Crippen molar-refractivity contribution in [2.24, 2.45) is 0 Å². The Labute approximate surface area is 131 Å². The van der Waals surface area contributed by atoms with Crippen LogP contribution in [0.5, 0.6) is 0 Å². The molecule has 0 atom stereocenters. The number of para-hydroxylation sites is 1. The van der Waals surface area contributed by atoms with Gasteiger partial charge in [0.05, 0.1) is 11.3 Å². The number of benzene rings is 1. The van der Waals surface area contributed by atoms with Gasteiger partial charge in [-0.2, -0.15) is 0 Å². The Morgan fingerprint density at radius 1 is 1.14 bits per heavy atom. The second-order valence-corrected chi connectivity index (χ2v) is 5.37. The summed E-state index contributed by atoms with van der Waals surface area (Å²) in [6, 6.07) is 11.2. The molecule has 0 aliphatic rings. The molecule has 2 rings (SSSR count). The van der Waals surface area contributed by atoms with Crippen molar-refractivity contribution in [1.82, 2.24) is 9.88 Å². The summed E-state index contributed by atoms with van der Waals surface area (Å²) in [6.07, 6.45) is 4.34. The number of nitrogens with one attached hydrogen (secondary N) is 2. The molecule has 0 bridgehead atoms. The number of amides is 1. The molecule has 1 heterocycles. The van der Waals surface area contributed by atoms with Crippen LogP contribution in [0.1, 0.15) is 16.8 Å². The van der Waals surface area contributed by atoms with Crippen LogP contribution in [0.15, 0.2) is 48.8 Å². The normalized spacial score (nSPS) is 10.5. The van der Waals surface area contributed by atoms with Gasteiger partial charge in [0.2, 0.25) is 0 Å². The van der Waals surface area contributed by atoms with Gasteiger partial charge in [0.1, 0.15) is 0 Å². The zero-order valence-electron chi connectivity index (χ0n) is 13.0. The molecule has 1 aromatic carbocycles. The van der Waals surface area contributed by atoms with E-state index in [1.54, 1.807) is 12.4 Å². The molecule has 0 saturated heterocycles. The Hall–Kier alpha value is -2.40. The zero-order chi connectivity index (χ0) is 15.8. The maximum Gasteiger partial charge on any atom is 0.257 e. The van der Waals surface area contributed by atoms with Gasteiger partial charge in [0, 0.05) is 24.6 Å². The first-order valence-electron chi connectivity index (χ1n) is 7.35. The van der Waals surface area contributed by atoms with E-state index >= 15 is 0 Å². The summed E-state index contributed by atoms with van der Waals surface area (Å²) in [4.78, 5) is 18.5. The Morgan fingerprint density at radius 2 is 1.91 bits per heavy atom. The van der Waals surface area contributed by atoms with Crippen LogP contribution in [-0.4, -0.2) is 43.0 Å². The molecule has 1 amide bonds. The summed E-state index contributed by atoms with van der Waals surface area (Å²) in [6.45, 7) is 1.87. The predicted molar refractivity (Wildman–Crippen MR) is 90.3 cm³/mol. The average molecular weight is 298 g/mol. The van der Waals surface area contributed by atoms with Crippen LogP contribution < -0.4 is 10.6 Å².